The predicted molar refractivity (Wildman–Crippen MR) is 63.7 cm³/mol. The molecule has 1 aromatic rings. The number of carbonyl (C=O) groups excluding carboxylic acids is 1. The Bertz CT molecular complexity index is 457. The second-order valence-corrected chi connectivity index (χ2v) is 4.48. The molecule has 17 heavy (non-hydrogen) atoms. The molecule has 1 atom stereocenters. The highest BCUT2D eigenvalue weighted by atomic mass is 19.1. The van der Waals surface area contributed by atoms with Crippen LogP contribution in [0.2, 0.25) is 0 Å². The van der Waals surface area contributed by atoms with Crippen molar-refractivity contribution in [3.05, 3.63) is 24.0 Å². The standard InChI is InChI=1S/C12H14FN3O/c13-8-1-2-11-10(5-8)15-12(17)7-16(11)9-3-4-14-6-9/h1-2,5,9,14H,3-4,6-7H2,(H,15,17). The fraction of sp³-hybridized carbons (Fsp3) is 0.417. The Labute approximate surface area is 98.8 Å². The van der Waals surface area contributed by atoms with Gasteiger partial charge < -0.3 is 15.5 Å². The van der Waals surface area contributed by atoms with Crippen LogP contribution in [0.1, 0.15) is 6.42 Å². The average molecular weight is 235 g/mol. The van der Waals surface area contributed by atoms with E-state index in [9.17, 15) is 9.18 Å². The minimum Gasteiger partial charge on any atom is -0.356 e. The van der Waals surface area contributed by atoms with E-state index in [-0.39, 0.29) is 11.7 Å². The van der Waals surface area contributed by atoms with E-state index >= 15 is 0 Å². The molecule has 4 nitrogen and oxygen atoms in total. The Morgan fingerprint density at radius 3 is 3.06 bits per heavy atom. The lowest BCUT2D eigenvalue weighted by Gasteiger charge is -2.35. The first kappa shape index (κ1) is 10.5. The summed E-state index contributed by atoms with van der Waals surface area (Å²) in [5.41, 5.74) is 1.49. The number of nitrogens with one attached hydrogen (secondary N) is 2. The van der Waals surface area contributed by atoms with Crippen LogP contribution in [-0.2, 0) is 4.79 Å². The maximum atomic E-state index is 13.1. The molecule has 1 amide bonds. The molecule has 90 valence electrons. The monoisotopic (exact) mass is 235 g/mol. The number of fused-ring (bicyclic) bond motifs is 1. The summed E-state index contributed by atoms with van der Waals surface area (Å²) in [4.78, 5) is 13.7. The van der Waals surface area contributed by atoms with Gasteiger partial charge in [0.15, 0.2) is 0 Å². The number of nitrogens with zero attached hydrogens (tertiary/aromatic N) is 1. The van der Waals surface area contributed by atoms with Gasteiger partial charge in [0.05, 0.1) is 17.9 Å². The maximum absolute atomic E-state index is 13.1. The highest BCUT2D eigenvalue weighted by molar-refractivity contribution is 6.01. The van der Waals surface area contributed by atoms with Crippen LogP contribution in [0.3, 0.4) is 0 Å². The molecular weight excluding hydrogens is 221 g/mol. The molecule has 1 aromatic carbocycles. The molecule has 0 bridgehead atoms. The summed E-state index contributed by atoms with van der Waals surface area (Å²) >= 11 is 0. The number of benzene rings is 1. The van der Waals surface area contributed by atoms with Gasteiger partial charge in [-0.1, -0.05) is 0 Å². The quantitative estimate of drug-likeness (QED) is 0.761. The third kappa shape index (κ3) is 1.86. The van der Waals surface area contributed by atoms with E-state index < -0.39 is 0 Å². The summed E-state index contributed by atoms with van der Waals surface area (Å²) in [6.45, 7) is 2.20. The van der Waals surface area contributed by atoms with E-state index in [0.29, 0.717) is 18.3 Å². The first-order chi connectivity index (χ1) is 8.24. The van der Waals surface area contributed by atoms with E-state index in [2.05, 4.69) is 15.5 Å². The van der Waals surface area contributed by atoms with E-state index in [1.54, 1.807) is 6.07 Å². The van der Waals surface area contributed by atoms with Crippen LogP contribution in [0, 0.1) is 5.82 Å². The zero-order valence-corrected chi connectivity index (χ0v) is 9.37. The van der Waals surface area contributed by atoms with Gasteiger partial charge >= 0.3 is 0 Å². The van der Waals surface area contributed by atoms with Crippen molar-refractivity contribution in [2.75, 3.05) is 29.9 Å². The summed E-state index contributed by atoms with van der Waals surface area (Å²) in [5, 5.41) is 5.99. The van der Waals surface area contributed by atoms with Crippen molar-refractivity contribution < 1.29 is 9.18 Å². The van der Waals surface area contributed by atoms with Crippen molar-refractivity contribution in [2.24, 2.45) is 0 Å². The molecular formula is C12H14FN3O. The molecule has 0 saturated carbocycles. The summed E-state index contributed by atoms with van der Waals surface area (Å²) in [7, 11) is 0. The Hall–Kier alpha value is -1.62. The largest absolute Gasteiger partial charge is 0.356 e. The molecule has 1 saturated heterocycles. The van der Waals surface area contributed by atoms with Gasteiger partial charge in [-0.25, -0.2) is 4.39 Å². The van der Waals surface area contributed by atoms with Gasteiger partial charge in [0, 0.05) is 12.6 Å². The molecule has 0 aliphatic carbocycles. The normalized spacial score (nSPS) is 23.5. The summed E-state index contributed by atoms with van der Waals surface area (Å²) in [5.74, 6) is -0.398. The second-order valence-electron chi connectivity index (χ2n) is 4.48. The summed E-state index contributed by atoms with van der Waals surface area (Å²) in [6, 6.07) is 4.88. The van der Waals surface area contributed by atoms with Crippen molar-refractivity contribution >= 4 is 17.3 Å². The van der Waals surface area contributed by atoms with Gasteiger partial charge in [0.25, 0.3) is 0 Å². The predicted octanol–water partition coefficient (Wildman–Crippen LogP) is 0.946. The number of carbonyl (C=O) groups is 1. The van der Waals surface area contributed by atoms with Gasteiger partial charge in [0.1, 0.15) is 5.82 Å². The van der Waals surface area contributed by atoms with Gasteiger partial charge in [-0.15, -0.1) is 0 Å². The smallest absolute Gasteiger partial charge is 0.243 e. The lowest BCUT2D eigenvalue weighted by atomic mass is 10.1. The molecule has 5 heteroatoms. The number of hydrogen-bond donors (Lipinski definition) is 2. The third-order valence-corrected chi connectivity index (χ3v) is 3.33. The summed E-state index contributed by atoms with van der Waals surface area (Å²) < 4.78 is 13.1. The van der Waals surface area contributed by atoms with Crippen molar-refractivity contribution in [2.45, 2.75) is 12.5 Å². The molecule has 2 N–H and O–H groups in total. The zero-order chi connectivity index (χ0) is 11.8. The minimum atomic E-state index is -0.324. The van der Waals surface area contributed by atoms with Crippen molar-refractivity contribution in [3.63, 3.8) is 0 Å². The first-order valence-corrected chi connectivity index (χ1v) is 5.81. The van der Waals surface area contributed by atoms with Gasteiger partial charge in [-0.05, 0) is 31.2 Å². The van der Waals surface area contributed by atoms with E-state index in [1.807, 2.05) is 0 Å². The number of anilines is 2. The summed E-state index contributed by atoms with van der Waals surface area (Å²) in [6.07, 6.45) is 1.02. The maximum Gasteiger partial charge on any atom is 0.243 e. The Morgan fingerprint density at radius 2 is 2.29 bits per heavy atom. The lowest BCUT2D eigenvalue weighted by Crippen LogP contribution is -2.45. The molecule has 2 aliphatic rings. The van der Waals surface area contributed by atoms with Crippen molar-refractivity contribution in [1.82, 2.24) is 5.32 Å². The molecule has 2 aliphatic heterocycles. The number of halogens is 1. The molecule has 1 fully saturated rings. The van der Waals surface area contributed by atoms with Crippen LogP contribution in [0.4, 0.5) is 15.8 Å². The lowest BCUT2D eigenvalue weighted by molar-refractivity contribution is -0.115. The van der Waals surface area contributed by atoms with Crippen LogP contribution in [0.5, 0.6) is 0 Å². The highest BCUT2D eigenvalue weighted by Gasteiger charge is 2.29. The molecule has 0 radical (unpaired) electrons. The van der Waals surface area contributed by atoms with E-state index in [1.165, 1.54) is 12.1 Å². The fourth-order valence-corrected chi connectivity index (χ4v) is 2.52. The third-order valence-electron chi connectivity index (χ3n) is 3.33. The van der Waals surface area contributed by atoms with Crippen LogP contribution < -0.4 is 15.5 Å². The SMILES string of the molecule is O=C1CN(C2CCNC2)c2ccc(F)cc2N1. The van der Waals surface area contributed by atoms with E-state index in [4.69, 9.17) is 0 Å². The second kappa shape index (κ2) is 4.00. The fourth-order valence-electron chi connectivity index (χ4n) is 2.52. The Morgan fingerprint density at radius 1 is 1.41 bits per heavy atom. The van der Waals surface area contributed by atoms with Gasteiger partial charge in [0.2, 0.25) is 5.91 Å². The van der Waals surface area contributed by atoms with Crippen LogP contribution in [-0.4, -0.2) is 31.6 Å². The Balaban J connectivity index is 1.98. The van der Waals surface area contributed by atoms with Crippen molar-refractivity contribution in [1.29, 1.82) is 0 Å². The number of rotatable bonds is 1. The average Bonchev–Trinajstić information content (AvgIpc) is 2.80. The molecule has 3 rings (SSSR count). The Kier molecular flexibility index (Phi) is 2.48. The number of hydrogen-bond acceptors (Lipinski definition) is 3. The molecule has 0 spiro atoms. The first-order valence-electron chi connectivity index (χ1n) is 5.81. The highest BCUT2D eigenvalue weighted by Crippen LogP contribution is 2.32. The van der Waals surface area contributed by atoms with Gasteiger partial charge in [-0.3, -0.25) is 4.79 Å². The minimum absolute atomic E-state index is 0.0741. The van der Waals surface area contributed by atoms with Crippen LogP contribution in [0.25, 0.3) is 0 Å². The zero-order valence-electron chi connectivity index (χ0n) is 9.37. The van der Waals surface area contributed by atoms with E-state index in [0.717, 1.165) is 25.2 Å². The molecule has 0 aromatic heterocycles. The molecule has 1 unspecified atom stereocenters. The topological polar surface area (TPSA) is 44.4 Å². The van der Waals surface area contributed by atoms with Crippen molar-refractivity contribution in [3.8, 4) is 0 Å². The number of amides is 1. The van der Waals surface area contributed by atoms with Crippen LogP contribution >= 0.6 is 0 Å². The van der Waals surface area contributed by atoms with Crippen LogP contribution in [0.15, 0.2) is 18.2 Å². The molecule has 2 heterocycles. The van der Waals surface area contributed by atoms with Gasteiger partial charge in [-0.2, -0.15) is 0 Å².